The van der Waals surface area contributed by atoms with E-state index in [9.17, 15) is 4.79 Å². The Bertz CT molecular complexity index is 241. The smallest absolute Gasteiger partial charge is 0.264 e. The van der Waals surface area contributed by atoms with Crippen molar-refractivity contribution in [1.29, 1.82) is 5.26 Å². The van der Waals surface area contributed by atoms with Gasteiger partial charge in [0, 0.05) is 6.42 Å². The van der Waals surface area contributed by atoms with E-state index in [1.165, 1.54) is 0 Å². The third-order valence-electron chi connectivity index (χ3n) is 1.58. The molecule has 0 aromatic carbocycles. The molecule has 4 nitrogen and oxygen atoms in total. The highest BCUT2D eigenvalue weighted by atomic mass is 16.5. The lowest BCUT2D eigenvalue weighted by molar-refractivity contribution is -0.135. The summed E-state index contributed by atoms with van der Waals surface area (Å²) < 4.78 is 4.95. The van der Waals surface area contributed by atoms with Crippen molar-refractivity contribution in [2.75, 3.05) is 6.61 Å². The molecule has 1 rings (SSSR count). The van der Waals surface area contributed by atoms with Crippen LogP contribution in [0, 0.1) is 11.3 Å². The minimum Gasteiger partial charge on any atom is -0.366 e. The van der Waals surface area contributed by atoms with Crippen LogP contribution < -0.4 is 5.73 Å². The second kappa shape index (κ2) is 2.72. The van der Waals surface area contributed by atoms with Gasteiger partial charge in [-0.15, -0.1) is 0 Å². The molecule has 2 N–H and O–H groups in total. The predicted octanol–water partition coefficient (Wildman–Crippen LogP) is -0.289. The molecule has 0 aliphatic carbocycles. The minimum absolute atomic E-state index is 0.249. The number of hydrogen-bond donors (Lipinski definition) is 1. The summed E-state index contributed by atoms with van der Waals surface area (Å²) in [5.74, 6) is -0.718. The number of rotatable bonds is 1. The predicted molar refractivity (Wildman–Crippen MR) is 37.2 cm³/mol. The van der Waals surface area contributed by atoms with E-state index in [1.807, 2.05) is 0 Å². The van der Waals surface area contributed by atoms with Crippen LogP contribution in [0.15, 0.2) is 12.2 Å². The average Bonchev–Trinajstić information content (AvgIpc) is 2.05. The summed E-state index contributed by atoms with van der Waals surface area (Å²) in [4.78, 5) is 10.7. The van der Waals surface area contributed by atoms with Crippen molar-refractivity contribution in [3.63, 3.8) is 0 Å². The van der Waals surface area contributed by atoms with Gasteiger partial charge in [0.25, 0.3) is 5.91 Å². The highest BCUT2D eigenvalue weighted by molar-refractivity contribution is 5.87. The van der Waals surface area contributed by atoms with Crippen molar-refractivity contribution in [2.24, 2.45) is 5.73 Å². The number of nitrogens with two attached hydrogens (primary N) is 1. The van der Waals surface area contributed by atoms with E-state index in [0.29, 0.717) is 0 Å². The van der Waals surface area contributed by atoms with Gasteiger partial charge in [-0.05, 0) is 0 Å². The molecule has 0 saturated carbocycles. The molecule has 0 aromatic heterocycles. The van der Waals surface area contributed by atoms with Crippen LogP contribution in [0.3, 0.4) is 0 Å². The summed E-state index contributed by atoms with van der Waals surface area (Å²) in [7, 11) is 0. The Hall–Kier alpha value is -1.34. The average molecular weight is 152 g/mol. The fourth-order valence-corrected chi connectivity index (χ4v) is 0.871. The second-order valence-electron chi connectivity index (χ2n) is 2.29. The fraction of sp³-hybridized carbons (Fsp3) is 0.429. The van der Waals surface area contributed by atoms with Gasteiger partial charge >= 0.3 is 0 Å². The first kappa shape index (κ1) is 7.76. The maximum Gasteiger partial charge on any atom is 0.264 e. The van der Waals surface area contributed by atoms with Crippen molar-refractivity contribution in [3.8, 4) is 6.07 Å². The summed E-state index contributed by atoms with van der Waals surface area (Å²) in [6, 6.07) is 1.77. The van der Waals surface area contributed by atoms with Crippen molar-refractivity contribution in [3.05, 3.63) is 12.2 Å². The molecule has 1 amide bonds. The van der Waals surface area contributed by atoms with Crippen molar-refractivity contribution >= 4 is 5.91 Å². The molecule has 11 heavy (non-hydrogen) atoms. The number of hydrogen-bond acceptors (Lipinski definition) is 3. The highest BCUT2D eigenvalue weighted by Gasteiger charge is 2.37. The van der Waals surface area contributed by atoms with Crippen LogP contribution in [0.4, 0.5) is 0 Å². The monoisotopic (exact) mass is 152 g/mol. The molecular formula is C7H8N2O2. The Labute approximate surface area is 64.2 Å². The molecule has 0 aromatic rings. The molecule has 1 aliphatic heterocycles. The maximum absolute atomic E-state index is 10.7. The summed E-state index contributed by atoms with van der Waals surface area (Å²) in [5.41, 5.74) is 3.57. The molecule has 0 radical (unpaired) electrons. The number of nitriles is 1. The molecule has 0 saturated heterocycles. The van der Waals surface area contributed by atoms with Crippen LogP contribution >= 0.6 is 0 Å². The van der Waals surface area contributed by atoms with E-state index < -0.39 is 11.5 Å². The molecule has 1 unspecified atom stereocenters. The molecule has 4 heteroatoms. The van der Waals surface area contributed by atoms with Gasteiger partial charge in [-0.2, -0.15) is 5.26 Å². The van der Waals surface area contributed by atoms with Gasteiger partial charge in [0.2, 0.25) is 5.60 Å². The van der Waals surface area contributed by atoms with E-state index in [2.05, 4.69) is 0 Å². The lowest BCUT2D eigenvalue weighted by Gasteiger charge is -2.23. The number of nitrogens with zero attached hydrogens (tertiary/aromatic N) is 1. The van der Waals surface area contributed by atoms with Crippen molar-refractivity contribution in [1.82, 2.24) is 0 Å². The largest absolute Gasteiger partial charge is 0.366 e. The lowest BCUT2D eigenvalue weighted by atomic mass is 9.99. The zero-order chi connectivity index (χ0) is 8.32. The minimum atomic E-state index is -1.42. The first-order chi connectivity index (χ1) is 5.21. The molecule has 0 fully saturated rings. The number of primary amides is 1. The number of carbonyl (C=O) groups is 1. The molecule has 0 bridgehead atoms. The van der Waals surface area contributed by atoms with Crippen LogP contribution in [0.1, 0.15) is 6.42 Å². The maximum atomic E-state index is 10.7. The summed E-state index contributed by atoms with van der Waals surface area (Å²) >= 11 is 0. The van der Waals surface area contributed by atoms with E-state index >= 15 is 0 Å². The SMILES string of the molecule is N#CC1(C(N)=O)CC=CCO1. The van der Waals surface area contributed by atoms with Gasteiger partial charge in [-0.1, -0.05) is 12.2 Å². The van der Waals surface area contributed by atoms with Gasteiger partial charge in [0.1, 0.15) is 6.07 Å². The van der Waals surface area contributed by atoms with Gasteiger partial charge in [0.05, 0.1) is 6.61 Å². The quantitative estimate of drug-likeness (QED) is 0.524. The van der Waals surface area contributed by atoms with Crippen LogP contribution in [-0.2, 0) is 9.53 Å². The number of ether oxygens (including phenoxy) is 1. The zero-order valence-electron chi connectivity index (χ0n) is 5.91. The van der Waals surface area contributed by atoms with Crippen LogP contribution in [0.5, 0.6) is 0 Å². The normalized spacial score (nSPS) is 29.4. The summed E-state index contributed by atoms with van der Waals surface area (Å²) in [6.07, 6.45) is 3.72. The molecule has 58 valence electrons. The lowest BCUT2D eigenvalue weighted by Crippen LogP contribution is -2.46. The first-order valence-corrected chi connectivity index (χ1v) is 3.21. The molecule has 1 atom stereocenters. The van der Waals surface area contributed by atoms with Crippen molar-refractivity contribution in [2.45, 2.75) is 12.0 Å². The van der Waals surface area contributed by atoms with E-state index in [4.69, 9.17) is 15.7 Å². The Morgan fingerprint density at radius 1 is 1.73 bits per heavy atom. The topological polar surface area (TPSA) is 76.1 Å². The summed E-state index contributed by atoms with van der Waals surface area (Å²) in [5, 5.41) is 8.60. The standard InChI is InChI=1S/C7H8N2O2/c8-5-7(6(9)10)3-1-2-4-11-7/h1-2H,3-4H2,(H2,9,10). The third kappa shape index (κ3) is 1.23. The molecule has 1 heterocycles. The number of carbonyl (C=O) groups excluding carboxylic acids is 1. The first-order valence-electron chi connectivity index (χ1n) is 3.21. The molecule has 1 aliphatic rings. The molecule has 0 spiro atoms. The van der Waals surface area contributed by atoms with E-state index in [0.717, 1.165) is 0 Å². The Balaban J connectivity index is 2.86. The second-order valence-corrected chi connectivity index (χ2v) is 2.29. The van der Waals surface area contributed by atoms with E-state index in [1.54, 1.807) is 18.2 Å². The van der Waals surface area contributed by atoms with Crippen LogP contribution in [0.2, 0.25) is 0 Å². The van der Waals surface area contributed by atoms with Crippen LogP contribution in [0.25, 0.3) is 0 Å². The fourth-order valence-electron chi connectivity index (χ4n) is 0.871. The molecular weight excluding hydrogens is 144 g/mol. The highest BCUT2D eigenvalue weighted by Crippen LogP contribution is 2.18. The van der Waals surface area contributed by atoms with Crippen molar-refractivity contribution < 1.29 is 9.53 Å². The zero-order valence-corrected chi connectivity index (χ0v) is 5.91. The third-order valence-corrected chi connectivity index (χ3v) is 1.58. The van der Waals surface area contributed by atoms with Gasteiger partial charge in [-0.3, -0.25) is 4.79 Å². The number of amides is 1. The Morgan fingerprint density at radius 3 is 2.73 bits per heavy atom. The Kier molecular flexibility index (Phi) is 1.92. The van der Waals surface area contributed by atoms with Gasteiger partial charge in [-0.25, -0.2) is 0 Å². The van der Waals surface area contributed by atoms with Gasteiger partial charge < -0.3 is 10.5 Å². The van der Waals surface area contributed by atoms with E-state index in [-0.39, 0.29) is 13.0 Å². The van der Waals surface area contributed by atoms with Crippen LogP contribution in [-0.4, -0.2) is 18.1 Å². The Morgan fingerprint density at radius 2 is 2.45 bits per heavy atom. The summed E-state index contributed by atoms with van der Waals surface area (Å²) in [6.45, 7) is 0.274. The van der Waals surface area contributed by atoms with Gasteiger partial charge in [0.15, 0.2) is 0 Å².